The van der Waals surface area contributed by atoms with Gasteiger partial charge in [0.05, 0.1) is 5.56 Å². The van der Waals surface area contributed by atoms with Gasteiger partial charge < -0.3 is 5.11 Å². The molecule has 16 heavy (non-hydrogen) atoms. The number of carboxylic acid groups (broad SMARTS) is 1. The number of carbonyl (C=O) groups is 1. The standard InChI is InChI=1S/C11H7FN2O2/c12-10-5-8(11(15)16)9(6-14-10)7-1-3-13-4-2-7/h1-6H,(H,15,16). The Hall–Kier alpha value is -2.30. The molecule has 2 aromatic rings. The van der Waals surface area contributed by atoms with Crippen molar-refractivity contribution in [3.8, 4) is 11.1 Å². The van der Waals surface area contributed by atoms with E-state index in [0.717, 1.165) is 6.07 Å². The maximum Gasteiger partial charge on any atom is 0.336 e. The molecule has 0 unspecified atom stereocenters. The third-order valence-corrected chi connectivity index (χ3v) is 2.09. The molecule has 0 spiro atoms. The van der Waals surface area contributed by atoms with Crippen molar-refractivity contribution in [3.05, 3.63) is 48.3 Å². The largest absolute Gasteiger partial charge is 0.478 e. The molecule has 0 fully saturated rings. The van der Waals surface area contributed by atoms with E-state index in [9.17, 15) is 9.18 Å². The van der Waals surface area contributed by atoms with Gasteiger partial charge in [-0.05, 0) is 17.7 Å². The maximum absolute atomic E-state index is 12.8. The predicted octanol–water partition coefficient (Wildman–Crippen LogP) is 1.98. The summed E-state index contributed by atoms with van der Waals surface area (Å²) < 4.78 is 12.8. The molecular formula is C11H7FN2O2. The number of nitrogens with zero attached hydrogens (tertiary/aromatic N) is 2. The summed E-state index contributed by atoms with van der Waals surface area (Å²) >= 11 is 0. The van der Waals surface area contributed by atoms with Gasteiger partial charge >= 0.3 is 5.97 Å². The lowest BCUT2D eigenvalue weighted by Gasteiger charge is -2.04. The van der Waals surface area contributed by atoms with Gasteiger partial charge in [-0.2, -0.15) is 4.39 Å². The van der Waals surface area contributed by atoms with E-state index < -0.39 is 11.9 Å². The second-order valence-corrected chi connectivity index (χ2v) is 3.09. The molecule has 0 amide bonds. The second-order valence-electron chi connectivity index (χ2n) is 3.09. The first kappa shape index (κ1) is 10.2. The molecule has 0 aromatic carbocycles. The summed E-state index contributed by atoms with van der Waals surface area (Å²) in [7, 11) is 0. The zero-order chi connectivity index (χ0) is 11.5. The molecule has 0 radical (unpaired) electrons. The average Bonchev–Trinajstić information content (AvgIpc) is 2.30. The molecule has 0 saturated heterocycles. The first-order valence-corrected chi connectivity index (χ1v) is 4.47. The lowest BCUT2D eigenvalue weighted by atomic mass is 10.0. The third kappa shape index (κ3) is 1.88. The van der Waals surface area contributed by atoms with Crippen LogP contribution in [0.2, 0.25) is 0 Å². The number of hydrogen-bond donors (Lipinski definition) is 1. The fourth-order valence-corrected chi connectivity index (χ4v) is 1.37. The smallest absolute Gasteiger partial charge is 0.336 e. The summed E-state index contributed by atoms with van der Waals surface area (Å²) in [5.41, 5.74) is 0.898. The summed E-state index contributed by atoms with van der Waals surface area (Å²) in [6.45, 7) is 0. The molecular weight excluding hydrogens is 211 g/mol. The molecule has 2 heterocycles. The van der Waals surface area contributed by atoms with E-state index in [1.807, 2.05) is 0 Å². The molecule has 5 heteroatoms. The Morgan fingerprint density at radius 1 is 1.31 bits per heavy atom. The molecule has 2 rings (SSSR count). The number of rotatable bonds is 2. The van der Waals surface area contributed by atoms with Crippen molar-refractivity contribution in [2.75, 3.05) is 0 Å². The number of aromatic carboxylic acids is 1. The second kappa shape index (κ2) is 4.06. The van der Waals surface area contributed by atoms with Crippen LogP contribution in [0.25, 0.3) is 11.1 Å². The summed E-state index contributed by atoms with van der Waals surface area (Å²) in [5, 5.41) is 8.94. The van der Waals surface area contributed by atoms with E-state index in [4.69, 9.17) is 5.11 Å². The Labute approximate surface area is 90.4 Å². The molecule has 2 aromatic heterocycles. The summed E-state index contributed by atoms with van der Waals surface area (Å²) in [4.78, 5) is 18.2. The van der Waals surface area contributed by atoms with E-state index in [1.165, 1.54) is 18.6 Å². The summed E-state index contributed by atoms with van der Waals surface area (Å²) in [5.74, 6) is -2.00. The van der Waals surface area contributed by atoms with Gasteiger partial charge in [-0.1, -0.05) is 0 Å². The van der Waals surface area contributed by atoms with Crippen molar-refractivity contribution in [1.82, 2.24) is 9.97 Å². The van der Waals surface area contributed by atoms with E-state index in [0.29, 0.717) is 11.1 Å². The molecule has 0 bridgehead atoms. The Morgan fingerprint density at radius 2 is 2.00 bits per heavy atom. The number of hydrogen-bond acceptors (Lipinski definition) is 3. The van der Waals surface area contributed by atoms with E-state index >= 15 is 0 Å². The van der Waals surface area contributed by atoms with Crippen LogP contribution >= 0.6 is 0 Å². The topological polar surface area (TPSA) is 63.1 Å². The monoisotopic (exact) mass is 218 g/mol. The van der Waals surface area contributed by atoms with Crippen LogP contribution in [0.3, 0.4) is 0 Å². The average molecular weight is 218 g/mol. The first-order valence-electron chi connectivity index (χ1n) is 4.47. The number of pyridine rings is 2. The van der Waals surface area contributed by atoms with Gasteiger partial charge in [-0.3, -0.25) is 4.98 Å². The molecule has 1 N–H and O–H groups in total. The van der Waals surface area contributed by atoms with Gasteiger partial charge in [0.25, 0.3) is 0 Å². The van der Waals surface area contributed by atoms with Gasteiger partial charge in [0.1, 0.15) is 0 Å². The highest BCUT2D eigenvalue weighted by Crippen LogP contribution is 2.22. The molecule has 4 nitrogen and oxygen atoms in total. The van der Waals surface area contributed by atoms with Crippen molar-refractivity contribution in [2.45, 2.75) is 0 Å². The number of carboxylic acids is 1. The van der Waals surface area contributed by atoms with Gasteiger partial charge in [0.15, 0.2) is 0 Å². The minimum absolute atomic E-state index is 0.112. The van der Waals surface area contributed by atoms with E-state index in [-0.39, 0.29) is 5.56 Å². The van der Waals surface area contributed by atoms with Crippen LogP contribution < -0.4 is 0 Å². The SMILES string of the molecule is O=C(O)c1cc(F)ncc1-c1ccncc1. The van der Waals surface area contributed by atoms with Crippen molar-refractivity contribution >= 4 is 5.97 Å². The normalized spacial score (nSPS) is 10.1. The minimum Gasteiger partial charge on any atom is -0.478 e. The van der Waals surface area contributed by atoms with Crippen LogP contribution in [-0.4, -0.2) is 21.0 Å². The highest BCUT2D eigenvalue weighted by Gasteiger charge is 2.13. The highest BCUT2D eigenvalue weighted by atomic mass is 19.1. The maximum atomic E-state index is 12.8. The Morgan fingerprint density at radius 3 is 2.62 bits per heavy atom. The van der Waals surface area contributed by atoms with Crippen molar-refractivity contribution < 1.29 is 14.3 Å². The molecule has 0 saturated carbocycles. The number of halogens is 1. The fourth-order valence-electron chi connectivity index (χ4n) is 1.37. The van der Waals surface area contributed by atoms with Crippen LogP contribution in [0.1, 0.15) is 10.4 Å². The number of aromatic nitrogens is 2. The Bertz CT molecular complexity index is 529. The van der Waals surface area contributed by atoms with Crippen molar-refractivity contribution in [3.63, 3.8) is 0 Å². The molecule has 0 aliphatic heterocycles. The van der Waals surface area contributed by atoms with Crippen LogP contribution in [0, 0.1) is 5.95 Å². The van der Waals surface area contributed by atoms with Gasteiger partial charge in [-0.15, -0.1) is 0 Å². The van der Waals surface area contributed by atoms with Crippen LogP contribution in [0.5, 0.6) is 0 Å². The lowest BCUT2D eigenvalue weighted by molar-refractivity contribution is 0.0697. The van der Waals surface area contributed by atoms with E-state index in [2.05, 4.69) is 9.97 Å². The lowest BCUT2D eigenvalue weighted by Crippen LogP contribution is -2.01. The molecule has 0 atom stereocenters. The molecule has 0 aliphatic carbocycles. The zero-order valence-corrected chi connectivity index (χ0v) is 8.09. The van der Waals surface area contributed by atoms with Crippen LogP contribution in [0.4, 0.5) is 4.39 Å². The van der Waals surface area contributed by atoms with E-state index in [1.54, 1.807) is 12.1 Å². The first-order chi connectivity index (χ1) is 7.68. The zero-order valence-electron chi connectivity index (χ0n) is 8.09. The third-order valence-electron chi connectivity index (χ3n) is 2.09. The van der Waals surface area contributed by atoms with Crippen LogP contribution in [0.15, 0.2) is 36.8 Å². The predicted molar refractivity (Wildman–Crippen MR) is 54.4 cm³/mol. The molecule has 0 aliphatic rings. The highest BCUT2D eigenvalue weighted by molar-refractivity contribution is 5.95. The Kier molecular flexibility index (Phi) is 2.59. The summed E-state index contributed by atoms with van der Waals surface area (Å²) in [6.07, 6.45) is 4.27. The minimum atomic E-state index is -1.19. The van der Waals surface area contributed by atoms with Gasteiger partial charge in [0, 0.05) is 30.2 Å². The summed E-state index contributed by atoms with van der Waals surface area (Å²) in [6, 6.07) is 4.18. The molecule has 80 valence electrons. The Balaban J connectivity index is 2.61. The van der Waals surface area contributed by atoms with Gasteiger partial charge in [-0.25, -0.2) is 9.78 Å². The van der Waals surface area contributed by atoms with Gasteiger partial charge in [0.2, 0.25) is 5.95 Å². The quantitative estimate of drug-likeness (QED) is 0.783. The fraction of sp³-hybridized carbons (Fsp3) is 0. The van der Waals surface area contributed by atoms with Crippen LogP contribution in [-0.2, 0) is 0 Å². The van der Waals surface area contributed by atoms with Crippen molar-refractivity contribution in [1.29, 1.82) is 0 Å². The van der Waals surface area contributed by atoms with Crippen molar-refractivity contribution in [2.24, 2.45) is 0 Å².